The van der Waals surface area contributed by atoms with Crippen LogP contribution < -0.4 is 0 Å². The van der Waals surface area contributed by atoms with Crippen LogP contribution in [0.5, 0.6) is 0 Å². The van der Waals surface area contributed by atoms with Crippen LogP contribution in [0.25, 0.3) is 0 Å². The zero-order valence-corrected chi connectivity index (χ0v) is 52.0. The van der Waals surface area contributed by atoms with Crippen molar-refractivity contribution < 1.29 is 28.6 Å². The number of ether oxygens (including phenoxy) is 3. The van der Waals surface area contributed by atoms with Crippen molar-refractivity contribution in [1.82, 2.24) is 0 Å². The van der Waals surface area contributed by atoms with Gasteiger partial charge < -0.3 is 14.2 Å². The molecular weight excluding hydrogens is 985 g/mol. The maximum absolute atomic E-state index is 12.9. The van der Waals surface area contributed by atoms with Crippen molar-refractivity contribution >= 4 is 17.9 Å². The first-order valence-electron chi connectivity index (χ1n) is 33.2. The van der Waals surface area contributed by atoms with Gasteiger partial charge in [0.05, 0.1) is 0 Å². The molecule has 0 aromatic heterocycles. The summed E-state index contributed by atoms with van der Waals surface area (Å²) in [6, 6.07) is 0. The number of allylic oxidation sites excluding steroid dienone is 22. The Morgan fingerprint density at radius 2 is 0.487 bits per heavy atom. The van der Waals surface area contributed by atoms with E-state index in [0.29, 0.717) is 19.3 Å². The SMILES string of the molecule is CC/C=C\C/C=C\C/C=C\C/C=C\C/C=C\C/C=C\CCCCCCCCCCCCCCC(=O)OCC(COC(=O)CCCCCCCC)OC(=O)CCCCCCCCCCC/C=C\C/C=C\C/C=C\C/C=C\C/C=C\CC. The van der Waals surface area contributed by atoms with Gasteiger partial charge in [-0.15, -0.1) is 0 Å². The minimum absolute atomic E-state index is 0.0823. The second-order valence-corrected chi connectivity index (χ2v) is 21.6. The van der Waals surface area contributed by atoms with Gasteiger partial charge in [0.25, 0.3) is 0 Å². The Bertz CT molecular complexity index is 1700. The Kier molecular flexibility index (Phi) is 63.3. The molecule has 0 spiro atoms. The van der Waals surface area contributed by atoms with Crippen molar-refractivity contribution in [2.24, 2.45) is 0 Å². The molecule has 0 heterocycles. The van der Waals surface area contributed by atoms with E-state index in [2.05, 4.69) is 154 Å². The second-order valence-electron chi connectivity index (χ2n) is 21.6. The maximum atomic E-state index is 12.9. The molecule has 0 aliphatic carbocycles. The molecule has 80 heavy (non-hydrogen) atoms. The summed E-state index contributed by atoms with van der Waals surface area (Å²) in [6.07, 6.45) is 95.0. The molecule has 6 heteroatoms. The van der Waals surface area contributed by atoms with Crippen LogP contribution in [0.4, 0.5) is 0 Å². The first-order chi connectivity index (χ1) is 39.5. The molecule has 0 saturated heterocycles. The summed E-state index contributed by atoms with van der Waals surface area (Å²) in [5, 5.41) is 0. The largest absolute Gasteiger partial charge is 0.462 e. The van der Waals surface area contributed by atoms with E-state index in [-0.39, 0.29) is 31.1 Å². The molecule has 1 atom stereocenters. The van der Waals surface area contributed by atoms with Crippen molar-refractivity contribution in [3.05, 3.63) is 134 Å². The van der Waals surface area contributed by atoms with Gasteiger partial charge in [-0.1, -0.05) is 296 Å². The molecule has 0 aliphatic heterocycles. The predicted octanol–water partition coefficient (Wildman–Crippen LogP) is 22.9. The van der Waals surface area contributed by atoms with E-state index in [4.69, 9.17) is 14.2 Å². The highest BCUT2D eigenvalue weighted by molar-refractivity contribution is 5.71. The van der Waals surface area contributed by atoms with Gasteiger partial charge in [0, 0.05) is 19.3 Å². The first kappa shape index (κ1) is 75.5. The Morgan fingerprint density at radius 3 is 0.762 bits per heavy atom. The number of hydrogen-bond acceptors (Lipinski definition) is 6. The van der Waals surface area contributed by atoms with Crippen LogP contribution in [-0.4, -0.2) is 37.2 Å². The van der Waals surface area contributed by atoms with Crippen LogP contribution in [0.2, 0.25) is 0 Å². The predicted molar refractivity (Wildman–Crippen MR) is 348 cm³/mol. The summed E-state index contributed by atoms with van der Waals surface area (Å²) in [6.45, 7) is 6.36. The summed E-state index contributed by atoms with van der Waals surface area (Å²) in [4.78, 5) is 38.1. The molecule has 6 nitrogen and oxygen atoms in total. The van der Waals surface area contributed by atoms with Crippen molar-refractivity contribution in [3.63, 3.8) is 0 Å². The van der Waals surface area contributed by atoms with E-state index in [1.54, 1.807) is 0 Å². The normalized spacial score (nSPS) is 13.0. The summed E-state index contributed by atoms with van der Waals surface area (Å²) >= 11 is 0. The highest BCUT2D eigenvalue weighted by Gasteiger charge is 2.19. The molecule has 1 unspecified atom stereocenters. The van der Waals surface area contributed by atoms with Gasteiger partial charge in [0.15, 0.2) is 6.10 Å². The van der Waals surface area contributed by atoms with Gasteiger partial charge in [0.1, 0.15) is 13.2 Å². The van der Waals surface area contributed by atoms with Crippen LogP contribution >= 0.6 is 0 Å². The molecular formula is C74H122O6. The Labute approximate surface area is 494 Å². The maximum Gasteiger partial charge on any atom is 0.306 e. The van der Waals surface area contributed by atoms with Gasteiger partial charge >= 0.3 is 17.9 Å². The lowest BCUT2D eigenvalue weighted by Gasteiger charge is -2.18. The van der Waals surface area contributed by atoms with Gasteiger partial charge in [-0.2, -0.15) is 0 Å². The molecule has 0 radical (unpaired) electrons. The fourth-order valence-electron chi connectivity index (χ4n) is 9.00. The van der Waals surface area contributed by atoms with E-state index in [0.717, 1.165) is 135 Å². The van der Waals surface area contributed by atoms with Gasteiger partial charge in [-0.05, 0) is 116 Å². The molecule has 0 amide bonds. The molecule has 454 valence electrons. The lowest BCUT2D eigenvalue weighted by atomic mass is 10.0. The fourth-order valence-corrected chi connectivity index (χ4v) is 9.00. The van der Waals surface area contributed by atoms with Crippen LogP contribution in [-0.2, 0) is 28.6 Å². The fraction of sp³-hybridized carbons (Fsp3) is 0.662. The third-order valence-electron chi connectivity index (χ3n) is 13.9. The average molecular weight is 1110 g/mol. The Balaban J connectivity index is 4.10. The third kappa shape index (κ3) is 64.4. The van der Waals surface area contributed by atoms with E-state index in [1.807, 2.05) is 0 Å². The number of hydrogen-bond donors (Lipinski definition) is 0. The lowest BCUT2D eigenvalue weighted by molar-refractivity contribution is -0.167. The monoisotopic (exact) mass is 1110 g/mol. The van der Waals surface area contributed by atoms with Crippen molar-refractivity contribution in [3.8, 4) is 0 Å². The van der Waals surface area contributed by atoms with Gasteiger partial charge in [-0.3, -0.25) is 14.4 Å². The number of rotatable bonds is 59. The molecule has 0 aromatic carbocycles. The van der Waals surface area contributed by atoms with Crippen LogP contribution in [0.1, 0.15) is 297 Å². The number of carbonyl (C=O) groups excluding carboxylic acids is 3. The summed E-state index contributed by atoms with van der Waals surface area (Å²) in [5.41, 5.74) is 0. The number of esters is 3. The Hall–Kier alpha value is -4.45. The van der Waals surface area contributed by atoms with Crippen molar-refractivity contribution in [2.45, 2.75) is 303 Å². The molecule has 0 aliphatic rings. The zero-order chi connectivity index (χ0) is 57.8. The average Bonchev–Trinajstić information content (AvgIpc) is 3.46. The quantitative estimate of drug-likeness (QED) is 0.0261. The van der Waals surface area contributed by atoms with E-state index >= 15 is 0 Å². The van der Waals surface area contributed by atoms with Gasteiger partial charge in [0.2, 0.25) is 0 Å². The molecule has 0 aromatic rings. The zero-order valence-electron chi connectivity index (χ0n) is 52.0. The molecule has 0 saturated carbocycles. The van der Waals surface area contributed by atoms with E-state index < -0.39 is 6.10 Å². The minimum atomic E-state index is -0.783. The van der Waals surface area contributed by atoms with Crippen LogP contribution in [0.3, 0.4) is 0 Å². The molecule has 0 bridgehead atoms. The van der Waals surface area contributed by atoms with Crippen LogP contribution in [0, 0.1) is 0 Å². The van der Waals surface area contributed by atoms with Crippen molar-refractivity contribution in [1.29, 1.82) is 0 Å². The first-order valence-corrected chi connectivity index (χ1v) is 33.2. The smallest absolute Gasteiger partial charge is 0.306 e. The molecule has 0 N–H and O–H groups in total. The summed E-state index contributed by atoms with van der Waals surface area (Å²) < 4.78 is 16.8. The number of unbranched alkanes of at least 4 members (excludes halogenated alkanes) is 26. The second kappa shape index (κ2) is 67.1. The lowest BCUT2D eigenvalue weighted by Crippen LogP contribution is -2.30. The van der Waals surface area contributed by atoms with Crippen LogP contribution in [0.15, 0.2) is 134 Å². The summed E-state index contributed by atoms with van der Waals surface area (Å²) in [5.74, 6) is -0.896. The number of carbonyl (C=O) groups is 3. The minimum Gasteiger partial charge on any atom is -0.462 e. The summed E-state index contributed by atoms with van der Waals surface area (Å²) in [7, 11) is 0. The van der Waals surface area contributed by atoms with E-state index in [1.165, 1.54) is 122 Å². The highest BCUT2D eigenvalue weighted by Crippen LogP contribution is 2.16. The van der Waals surface area contributed by atoms with Gasteiger partial charge in [-0.25, -0.2) is 0 Å². The Morgan fingerprint density at radius 1 is 0.263 bits per heavy atom. The molecule has 0 fully saturated rings. The highest BCUT2D eigenvalue weighted by atomic mass is 16.6. The van der Waals surface area contributed by atoms with E-state index in [9.17, 15) is 14.4 Å². The standard InChI is InChI=1S/C74H122O6/c1-4-7-10-13-16-18-20-22-24-26-28-30-32-34-35-36-37-38-39-41-42-44-46-48-50-52-54-56-58-61-64-67-73(76)79-70-71(69-78-72(75)66-63-60-15-12-9-6-3)80-74(77)68-65-62-59-57-55-53-51-49-47-45-43-40-33-31-29-27-25-23-21-19-17-14-11-8-5-2/h7-8,10-11,16-19,22-25,28-31,34-35,37-38,40,43,71H,4-6,9,12-15,20-21,26-27,32-33,36,39,41-42,44-70H2,1-3H3/b10-7-,11-8-,18-16-,19-17-,24-22-,25-23-,30-28-,31-29-,35-34-,38-37-,43-40-. The third-order valence-corrected chi connectivity index (χ3v) is 13.9. The molecule has 0 rings (SSSR count). The van der Waals surface area contributed by atoms with Crippen molar-refractivity contribution in [2.75, 3.05) is 13.2 Å². The topological polar surface area (TPSA) is 78.9 Å².